The standard InChI is InChI=1S/C69H103N17O14S2/c1-42(87)58-66(98)83-55(65(97)85-59(43(2)88)67(99)100)35-102-101-34-54(64(96)80-52(31-45-19-21-47(89)22-20-45)62(94)81-53(32-46-33-77-49-15-8-7-14-48(46)49)63(95)79-50(60(92)84-58)16-9-10-23-70)82-61(93)51(30-44-12-5-4-6-13-44)78-56(90)17-11-18-57(91)86-69-39-74-27-24-71-36-68(3,37-72-25-28-75-40-69)38-73-26-29-76-41-69/h4-8,12-15,19-22,33,42-43,50-55,58-59,71-77,87-89H,9-11,16-18,23-32,34-41,70H2,1-3H3,(H,78,90)(H,79,95)(H,80,96)(H,81,94)(H,82,93)(H,83,98)(H,84,92)(H,85,97)(H,86,91)(H,99,100)/t42-,43-,50+,51-,52+,53-,54+,55+,58+,59+,68?,69?/m1/s1. The number of nitrogens with two attached hydrogens (primary N) is 1. The number of hydrogen-bond acceptors (Lipinski definition) is 22. The number of aromatic hydroxyl groups is 1. The molecule has 102 heavy (non-hydrogen) atoms. The molecule has 8 rings (SSSR count). The molecule has 0 unspecified atom stereocenters. The Morgan fingerprint density at radius 1 is 0.608 bits per heavy atom. The fourth-order valence-electron chi connectivity index (χ4n) is 12.1. The first-order chi connectivity index (χ1) is 48.9. The van der Waals surface area contributed by atoms with Crippen LogP contribution in [0, 0.1) is 5.41 Å². The van der Waals surface area contributed by atoms with Gasteiger partial charge in [-0.25, -0.2) is 4.79 Å². The van der Waals surface area contributed by atoms with E-state index in [1.807, 2.05) is 6.07 Å². The van der Waals surface area contributed by atoms with E-state index in [2.05, 4.69) is 91.7 Å². The molecular weight excluding hydrogens is 1350 g/mol. The number of aliphatic hydroxyl groups is 2. The summed E-state index contributed by atoms with van der Waals surface area (Å²) < 4.78 is 0. The second-order valence-corrected chi connectivity index (χ2v) is 29.3. The molecule has 4 saturated heterocycles. The van der Waals surface area contributed by atoms with Crippen molar-refractivity contribution >= 4 is 91.6 Å². The van der Waals surface area contributed by atoms with Crippen LogP contribution in [0.15, 0.2) is 85.1 Å². The van der Waals surface area contributed by atoms with Crippen molar-refractivity contribution in [1.82, 2.24) is 84.7 Å². The molecule has 3 aromatic carbocycles. The number of aromatic nitrogens is 1. The van der Waals surface area contributed by atoms with E-state index in [4.69, 9.17) is 5.73 Å². The van der Waals surface area contributed by atoms with Gasteiger partial charge in [0.15, 0.2) is 6.04 Å². The minimum Gasteiger partial charge on any atom is -0.508 e. The highest BCUT2D eigenvalue weighted by Crippen LogP contribution is 2.25. The first-order valence-electron chi connectivity index (χ1n) is 34.8. The van der Waals surface area contributed by atoms with Crippen LogP contribution < -0.4 is 85.5 Å². The molecule has 5 heterocycles. The van der Waals surface area contributed by atoms with Crippen LogP contribution in [-0.2, 0) is 67.2 Å². The summed E-state index contributed by atoms with van der Waals surface area (Å²) in [6.07, 6.45) is -1.69. The molecule has 4 aliphatic rings. The maximum atomic E-state index is 15.3. The Balaban J connectivity index is 1.19. The number of amides is 9. The summed E-state index contributed by atoms with van der Waals surface area (Å²) in [5, 5.41) is 88.2. The van der Waals surface area contributed by atoms with E-state index in [9.17, 15) is 54.0 Å². The molecule has 0 radical (unpaired) electrons. The van der Waals surface area contributed by atoms with E-state index in [-0.39, 0.29) is 80.7 Å². The monoisotopic (exact) mass is 1460 g/mol. The largest absolute Gasteiger partial charge is 0.508 e. The Labute approximate surface area is 601 Å². The zero-order valence-electron chi connectivity index (χ0n) is 58.1. The van der Waals surface area contributed by atoms with E-state index < -0.39 is 125 Å². The van der Waals surface area contributed by atoms with Gasteiger partial charge in [0.2, 0.25) is 53.2 Å². The number of benzene rings is 3. The summed E-state index contributed by atoms with van der Waals surface area (Å²) in [5.41, 5.74) is 7.41. The number of aliphatic carboxylic acids is 1. The maximum absolute atomic E-state index is 15.3. The van der Waals surface area contributed by atoms with Gasteiger partial charge in [0.1, 0.15) is 48.0 Å². The third-order valence-corrected chi connectivity index (χ3v) is 20.3. The maximum Gasteiger partial charge on any atom is 0.328 e. The van der Waals surface area contributed by atoms with Crippen molar-refractivity contribution in [3.63, 3.8) is 0 Å². The van der Waals surface area contributed by atoms with E-state index in [0.29, 0.717) is 92.9 Å². The molecule has 2 bridgehead atoms. The molecule has 0 spiro atoms. The molecule has 4 aromatic rings. The normalized spacial score (nSPS) is 25.0. The number of carboxylic acid groups (broad SMARTS) is 1. The smallest absolute Gasteiger partial charge is 0.328 e. The van der Waals surface area contributed by atoms with E-state index in [1.54, 1.807) is 54.7 Å². The Hall–Kier alpha value is -7.96. The summed E-state index contributed by atoms with van der Waals surface area (Å²) >= 11 is 0. The molecule has 1 aromatic heterocycles. The quantitative estimate of drug-likeness (QED) is 0.0256. The number of unbranched alkanes of at least 4 members (excludes halogenated alkanes) is 1. The van der Waals surface area contributed by atoms with Gasteiger partial charge in [0.05, 0.1) is 17.7 Å². The topological polar surface area (TPSA) is 474 Å². The highest BCUT2D eigenvalue weighted by Gasteiger charge is 2.39. The fraction of sp³-hybridized carbons (Fsp3) is 0.565. The lowest BCUT2D eigenvalue weighted by Gasteiger charge is -2.37. The van der Waals surface area contributed by atoms with Crippen LogP contribution in [0.5, 0.6) is 5.75 Å². The average molecular weight is 1460 g/mol. The van der Waals surface area contributed by atoms with Gasteiger partial charge in [0, 0.05) is 145 Å². The van der Waals surface area contributed by atoms with Gasteiger partial charge in [-0.3, -0.25) is 43.2 Å². The number of fused-ring (bicyclic) bond motifs is 16. The Morgan fingerprint density at radius 2 is 1.17 bits per heavy atom. The SMILES string of the molecule is C[C@@H](O)[C@H](NC(=O)[C@@H]1CSSC[C@H](NC(=O)[C@@H](Cc2ccccc2)NC(=O)CCCC(=O)NC23CNCCNCC(C)(CNCCNC2)CNCCNC3)C(=O)N[C@@H](Cc2ccc(O)cc2)C(=O)N[C@H](Cc2c[nH]c3ccccc23)C(=O)N[C@@H](CCCCN)C(=O)N[C@@H]([C@@H](C)O)C(=O)N1)C(=O)O. The van der Waals surface area contributed by atoms with Crippen molar-refractivity contribution in [2.45, 2.75) is 145 Å². The van der Waals surface area contributed by atoms with Gasteiger partial charge in [-0.05, 0) is 81.0 Å². The minimum atomic E-state index is -1.87. The Kier molecular flexibility index (Phi) is 33.0. The molecule has 31 nitrogen and oxygen atoms in total. The summed E-state index contributed by atoms with van der Waals surface area (Å²) in [5.74, 6) is -10.1. The first kappa shape index (κ1) is 81.3. The van der Waals surface area contributed by atoms with Crippen molar-refractivity contribution in [3.05, 3.63) is 102 Å². The number of carbonyl (C=O) groups excluding carboxylic acids is 9. The molecule has 0 saturated carbocycles. The lowest BCUT2D eigenvalue weighted by Crippen LogP contribution is -2.66. The molecule has 9 amide bonds. The number of aromatic amines is 1. The van der Waals surface area contributed by atoms with Crippen molar-refractivity contribution in [1.29, 1.82) is 0 Å². The first-order valence-corrected chi connectivity index (χ1v) is 37.3. The summed E-state index contributed by atoms with van der Waals surface area (Å²) in [7, 11) is 1.77. The predicted octanol–water partition coefficient (Wildman–Crippen LogP) is -3.25. The number of rotatable bonds is 23. The predicted molar refractivity (Wildman–Crippen MR) is 388 cm³/mol. The minimum absolute atomic E-state index is 0.00361. The van der Waals surface area contributed by atoms with Gasteiger partial charge in [-0.2, -0.15) is 0 Å². The molecular formula is C69H103N17O14S2. The van der Waals surface area contributed by atoms with Crippen LogP contribution in [0.4, 0.5) is 0 Å². The van der Waals surface area contributed by atoms with E-state index in [1.165, 1.54) is 31.2 Å². The van der Waals surface area contributed by atoms with Gasteiger partial charge in [0.25, 0.3) is 0 Å². The van der Waals surface area contributed by atoms with Crippen LogP contribution in [0.2, 0.25) is 0 Å². The van der Waals surface area contributed by atoms with E-state index in [0.717, 1.165) is 48.1 Å². The van der Waals surface area contributed by atoms with Gasteiger partial charge in [-0.1, -0.05) is 89.2 Å². The highest BCUT2D eigenvalue weighted by atomic mass is 33.1. The molecule has 4 fully saturated rings. The molecule has 0 aliphatic carbocycles. The number of phenolic OH excluding ortho intramolecular Hbond substituents is 1. The van der Waals surface area contributed by atoms with Crippen LogP contribution >= 0.6 is 21.6 Å². The number of nitrogens with one attached hydrogen (secondary N) is 16. The molecule has 560 valence electrons. The summed E-state index contributed by atoms with van der Waals surface area (Å²) in [6.45, 7) is 12.7. The number of phenols is 1. The third-order valence-electron chi connectivity index (χ3n) is 17.9. The van der Waals surface area contributed by atoms with Crippen molar-refractivity contribution < 1.29 is 68.4 Å². The third kappa shape index (κ3) is 26.4. The van der Waals surface area contributed by atoms with Crippen LogP contribution in [0.3, 0.4) is 0 Å². The molecule has 4 aliphatic heterocycles. The van der Waals surface area contributed by atoms with E-state index >= 15 is 14.4 Å². The number of carboxylic acids is 1. The Bertz CT molecular complexity index is 3360. The summed E-state index contributed by atoms with van der Waals surface area (Å²) in [6, 6.07) is 8.94. The van der Waals surface area contributed by atoms with Crippen LogP contribution in [0.25, 0.3) is 10.9 Å². The second-order valence-electron chi connectivity index (χ2n) is 26.7. The lowest BCUT2D eigenvalue weighted by atomic mass is 9.90. The zero-order valence-corrected chi connectivity index (χ0v) is 59.7. The average Bonchev–Trinajstić information content (AvgIpc) is 1.59. The van der Waals surface area contributed by atoms with Gasteiger partial charge < -0.3 is 111 Å². The molecule has 22 N–H and O–H groups in total. The summed E-state index contributed by atoms with van der Waals surface area (Å²) in [4.78, 5) is 147. The number of carbonyl (C=O) groups is 10. The second kappa shape index (κ2) is 41.4. The van der Waals surface area contributed by atoms with Crippen molar-refractivity contribution in [2.75, 3.05) is 96.6 Å². The Morgan fingerprint density at radius 3 is 1.77 bits per heavy atom. The zero-order chi connectivity index (χ0) is 73.6. The lowest BCUT2D eigenvalue weighted by molar-refractivity contribution is -0.145. The molecule has 33 heteroatoms. The molecule has 10 atom stereocenters. The number of H-pyrrole nitrogens is 1. The van der Waals surface area contributed by atoms with Gasteiger partial charge >= 0.3 is 5.97 Å². The number of para-hydroxylation sites is 1. The van der Waals surface area contributed by atoms with Crippen LogP contribution in [0.1, 0.15) is 76.0 Å². The fourth-order valence-corrected chi connectivity index (χ4v) is 14.4. The number of aliphatic hydroxyl groups excluding tert-OH is 2. The van der Waals surface area contributed by atoms with Crippen molar-refractivity contribution in [3.8, 4) is 5.75 Å². The van der Waals surface area contributed by atoms with Crippen LogP contribution in [-0.4, -0.2) is 247 Å². The number of hydrogen-bond donors (Lipinski definition) is 21. The highest BCUT2D eigenvalue weighted by molar-refractivity contribution is 8.76. The van der Waals surface area contributed by atoms with Gasteiger partial charge in [-0.15, -0.1) is 0 Å². The van der Waals surface area contributed by atoms with Crippen molar-refractivity contribution in [2.24, 2.45) is 11.1 Å².